The summed E-state index contributed by atoms with van der Waals surface area (Å²) in [5.41, 5.74) is 6.50. The number of benzene rings is 2. The number of allylic oxidation sites excluding steroid dienone is 8. The monoisotopic (exact) mass is 731 g/mol. The van der Waals surface area contributed by atoms with Gasteiger partial charge in [-0.05, 0) is 44.4 Å². The van der Waals surface area contributed by atoms with Gasteiger partial charge in [0.05, 0.1) is 15.5 Å². The summed E-state index contributed by atoms with van der Waals surface area (Å²) >= 11 is 0. The van der Waals surface area contributed by atoms with Crippen molar-refractivity contribution in [2.75, 3.05) is 43.4 Å². The molecule has 4 rings (SSSR count). The number of carbonyl (C=O) groups is 2. The normalized spacial score (nSPS) is 17.1. The molecule has 2 aromatic carbocycles. The summed E-state index contributed by atoms with van der Waals surface area (Å²) in [5.74, 6) is 4.13. The van der Waals surface area contributed by atoms with E-state index in [2.05, 4.69) is 101 Å². The molecule has 2 amide bonds. The fraction of sp³-hybridized carbons (Fsp3) is 0.425. The minimum atomic E-state index is -4.28. The lowest BCUT2D eigenvalue weighted by molar-refractivity contribution is -0.437. The summed E-state index contributed by atoms with van der Waals surface area (Å²) in [4.78, 5) is 30.3. The van der Waals surface area contributed by atoms with Gasteiger partial charge < -0.3 is 20.1 Å². The predicted octanol–water partition coefficient (Wildman–Crippen LogP) is 5.03. The highest BCUT2D eigenvalue weighted by Gasteiger charge is 2.44. The minimum Gasteiger partial charge on any atom is -0.748 e. The molecule has 0 aliphatic carbocycles. The second-order valence-corrected chi connectivity index (χ2v) is 15.6. The maximum atomic E-state index is 12.2. The van der Waals surface area contributed by atoms with E-state index in [1.165, 1.54) is 22.5 Å². The Morgan fingerprint density at radius 2 is 1.50 bits per heavy atom. The quantitative estimate of drug-likeness (QED) is 0.0597. The van der Waals surface area contributed by atoms with Crippen LogP contribution in [-0.2, 0) is 35.4 Å². The van der Waals surface area contributed by atoms with E-state index in [0.29, 0.717) is 26.1 Å². The number of para-hydroxylation sites is 2. The first-order valence-corrected chi connectivity index (χ1v) is 19.5. The number of carbonyl (C=O) groups excluding carboxylic acids is 2. The number of rotatable bonds is 19. The highest BCUT2D eigenvalue weighted by molar-refractivity contribution is 7.85. The smallest absolute Gasteiger partial charge is 0.248 e. The van der Waals surface area contributed by atoms with E-state index in [-0.39, 0.29) is 41.4 Å². The van der Waals surface area contributed by atoms with Gasteiger partial charge in [0.15, 0.2) is 5.71 Å². The molecule has 2 aromatic rings. The number of nitrogens with one attached hydrogen (secondary N) is 2. The number of anilines is 1. The highest BCUT2D eigenvalue weighted by Crippen LogP contribution is 2.47. The maximum absolute atomic E-state index is 12.2. The lowest BCUT2D eigenvalue weighted by atomic mass is 9.81. The molecule has 0 aromatic heterocycles. The van der Waals surface area contributed by atoms with Gasteiger partial charge in [-0.15, -0.1) is 0 Å². The van der Waals surface area contributed by atoms with Crippen LogP contribution >= 0.6 is 0 Å². The largest absolute Gasteiger partial charge is 0.748 e. The molecule has 0 saturated carbocycles. The second-order valence-electron chi connectivity index (χ2n) is 14.1. The second kappa shape index (κ2) is 18.4. The SMILES string of the molecule is CC1(C)C(/C=C/C=C/C=C/C=C2\N(CCCCCC(=O)NCCNC(=O)CON)c3ccccc3C2(C)C)=[N+](CCCS(=O)(=O)[O-])c2ccccc21. The van der Waals surface area contributed by atoms with E-state index in [0.717, 1.165) is 37.2 Å². The Kier molecular flexibility index (Phi) is 14.3. The molecule has 2 heterocycles. The van der Waals surface area contributed by atoms with Crippen molar-refractivity contribution in [1.82, 2.24) is 10.6 Å². The van der Waals surface area contributed by atoms with Gasteiger partial charge in [-0.25, -0.2) is 14.3 Å². The molecule has 0 unspecified atom stereocenters. The van der Waals surface area contributed by atoms with E-state index in [9.17, 15) is 22.6 Å². The summed E-state index contributed by atoms with van der Waals surface area (Å²) < 4.78 is 35.9. The third kappa shape index (κ3) is 10.6. The molecular weight excluding hydrogens is 679 g/mol. The van der Waals surface area contributed by atoms with Crippen LogP contribution in [0.25, 0.3) is 0 Å². The van der Waals surface area contributed by atoms with Crippen molar-refractivity contribution in [3.8, 4) is 0 Å². The fourth-order valence-electron chi connectivity index (χ4n) is 7.00. The molecular formula is C40H53N5O6S. The Morgan fingerprint density at radius 3 is 2.23 bits per heavy atom. The van der Waals surface area contributed by atoms with Gasteiger partial charge in [0.1, 0.15) is 13.2 Å². The van der Waals surface area contributed by atoms with Crippen LogP contribution in [0.1, 0.15) is 70.9 Å². The van der Waals surface area contributed by atoms with E-state index >= 15 is 0 Å². The van der Waals surface area contributed by atoms with E-state index in [1.807, 2.05) is 42.5 Å². The molecule has 2 aliphatic heterocycles. The molecule has 2 aliphatic rings. The standard InChI is InChI=1S/C40H53N5O6S/c1-39(2)31-18-12-14-20-33(31)44(27-16-8-11-24-37(46)42-25-26-43-38(47)30-51-41)35(39)22-9-6-5-7-10-23-36-40(3,4)32-19-13-15-21-34(32)45(36)28-17-29-52(48,49)50/h5-7,9-10,12-15,18-23H,8,11,16-17,24-30,41H2,1-4H3,(H2-,42,43,46,47,48,49,50). The van der Waals surface area contributed by atoms with Gasteiger partial charge in [-0.2, -0.15) is 4.58 Å². The number of nitrogens with zero attached hydrogens (tertiary/aromatic N) is 2. The topological polar surface area (TPSA) is 157 Å². The van der Waals surface area contributed by atoms with Crippen LogP contribution in [0.15, 0.2) is 96.8 Å². The summed E-state index contributed by atoms with van der Waals surface area (Å²) in [6, 6.07) is 16.6. The van der Waals surface area contributed by atoms with Gasteiger partial charge in [0, 0.05) is 72.7 Å². The van der Waals surface area contributed by atoms with Crippen LogP contribution < -0.4 is 21.4 Å². The number of fused-ring (bicyclic) bond motifs is 2. The average Bonchev–Trinajstić information content (AvgIpc) is 3.44. The van der Waals surface area contributed by atoms with Crippen LogP contribution in [0.3, 0.4) is 0 Å². The molecule has 280 valence electrons. The zero-order chi connectivity index (χ0) is 37.8. The Labute approximate surface area is 308 Å². The lowest BCUT2D eigenvalue weighted by Crippen LogP contribution is -2.36. The van der Waals surface area contributed by atoms with Crippen molar-refractivity contribution < 1.29 is 32.0 Å². The van der Waals surface area contributed by atoms with Crippen molar-refractivity contribution in [2.45, 2.75) is 70.6 Å². The Hall–Kier alpha value is -4.36. The molecule has 0 atom stereocenters. The third-order valence-corrected chi connectivity index (χ3v) is 10.4. The summed E-state index contributed by atoms with van der Waals surface area (Å²) in [5, 5.41) is 5.44. The van der Waals surface area contributed by atoms with Crippen molar-refractivity contribution in [2.24, 2.45) is 5.90 Å². The molecule has 0 spiro atoms. The minimum absolute atomic E-state index is 0.0352. The summed E-state index contributed by atoms with van der Waals surface area (Å²) in [6.45, 7) is 10.5. The highest BCUT2D eigenvalue weighted by atomic mass is 32.2. The molecule has 4 N–H and O–H groups in total. The van der Waals surface area contributed by atoms with Gasteiger partial charge in [-0.1, -0.05) is 87.0 Å². The molecule has 0 saturated heterocycles. The molecule has 0 radical (unpaired) electrons. The lowest BCUT2D eigenvalue weighted by Gasteiger charge is -2.27. The Bertz CT molecular complexity index is 1840. The third-order valence-electron chi connectivity index (χ3n) is 9.60. The van der Waals surface area contributed by atoms with Gasteiger partial charge >= 0.3 is 0 Å². The molecule has 0 fully saturated rings. The van der Waals surface area contributed by atoms with Gasteiger partial charge in [0.25, 0.3) is 0 Å². The van der Waals surface area contributed by atoms with Crippen LogP contribution in [0.2, 0.25) is 0 Å². The van der Waals surface area contributed by atoms with Crippen molar-refractivity contribution in [1.29, 1.82) is 0 Å². The number of hydrogen-bond acceptors (Lipinski definition) is 8. The van der Waals surface area contributed by atoms with Crippen LogP contribution in [0, 0.1) is 0 Å². The first kappa shape index (κ1) is 40.4. The first-order valence-electron chi connectivity index (χ1n) is 17.9. The average molecular weight is 732 g/mol. The van der Waals surface area contributed by atoms with Crippen LogP contribution in [0.4, 0.5) is 11.4 Å². The zero-order valence-corrected chi connectivity index (χ0v) is 31.6. The summed E-state index contributed by atoms with van der Waals surface area (Å²) in [6.07, 6.45) is 17.6. The van der Waals surface area contributed by atoms with Crippen molar-refractivity contribution in [3.63, 3.8) is 0 Å². The van der Waals surface area contributed by atoms with Crippen LogP contribution in [0.5, 0.6) is 0 Å². The first-order chi connectivity index (χ1) is 24.8. The predicted molar refractivity (Wildman–Crippen MR) is 205 cm³/mol. The number of nitrogens with two attached hydrogens (primary N) is 1. The molecule has 12 heteroatoms. The van der Waals surface area contributed by atoms with E-state index < -0.39 is 10.1 Å². The van der Waals surface area contributed by atoms with Crippen LogP contribution in [-0.4, -0.2) is 73.6 Å². The summed E-state index contributed by atoms with van der Waals surface area (Å²) in [7, 11) is -4.28. The Morgan fingerprint density at radius 1 is 0.846 bits per heavy atom. The zero-order valence-electron chi connectivity index (χ0n) is 30.8. The number of amides is 2. The van der Waals surface area contributed by atoms with Crippen molar-refractivity contribution >= 4 is 39.0 Å². The Balaban J connectivity index is 1.36. The molecule has 0 bridgehead atoms. The van der Waals surface area contributed by atoms with Gasteiger partial charge in [0.2, 0.25) is 17.5 Å². The van der Waals surface area contributed by atoms with E-state index in [4.69, 9.17) is 5.90 Å². The maximum Gasteiger partial charge on any atom is 0.248 e. The molecule has 52 heavy (non-hydrogen) atoms. The van der Waals surface area contributed by atoms with Gasteiger partial charge in [-0.3, -0.25) is 14.4 Å². The van der Waals surface area contributed by atoms with E-state index in [1.54, 1.807) is 0 Å². The number of unbranched alkanes of at least 4 members (excludes halogenated alkanes) is 2. The number of hydrogen-bond donors (Lipinski definition) is 3. The fourth-order valence-corrected chi connectivity index (χ4v) is 7.48. The molecule has 11 nitrogen and oxygen atoms in total. The van der Waals surface area contributed by atoms with Crippen molar-refractivity contribution in [3.05, 3.63) is 108 Å².